The predicted octanol–water partition coefficient (Wildman–Crippen LogP) is 1.78. The van der Waals surface area contributed by atoms with E-state index in [-0.39, 0.29) is 5.95 Å². The molecule has 1 aromatic carbocycles. The average molecular weight is 464 g/mol. The summed E-state index contributed by atoms with van der Waals surface area (Å²) in [4.78, 5) is 11.2. The molecule has 0 unspecified atom stereocenters. The minimum absolute atomic E-state index is 0.181. The van der Waals surface area contributed by atoms with Crippen molar-refractivity contribution >= 4 is 22.8 Å². The third-order valence-corrected chi connectivity index (χ3v) is 5.91. The number of aromatic nitrogens is 5. The summed E-state index contributed by atoms with van der Waals surface area (Å²) in [6.45, 7) is 7.87. The minimum Gasteiger partial charge on any atom is -0.496 e. The van der Waals surface area contributed by atoms with Crippen LogP contribution in [0.3, 0.4) is 0 Å². The second-order valence-corrected chi connectivity index (χ2v) is 8.42. The molecule has 1 saturated heterocycles. The number of fused-ring (bicyclic) bond motifs is 1. The maximum Gasteiger partial charge on any atom is 0.222 e. The van der Waals surface area contributed by atoms with Crippen LogP contribution in [0.25, 0.3) is 11.0 Å². The van der Waals surface area contributed by atoms with E-state index in [1.54, 1.807) is 13.3 Å². The number of hydrogen-bond acceptors (Lipinski definition) is 10. The smallest absolute Gasteiger partial charge is 0.222 e. The van der Waals surface area contributed by atoms with Crippen LogP contribution in [0.4, 0.5) is 11.8 Å². The van der Waals surface area contributed by atoms with E-state index in [0.717, 1.165) is 61.0 Å². The molecule has 4 aromatic rings. The number of nitrogens with one attached hydrogen (secondary N) is 2. The van der Waals surface area contributed by atoms with Crippen molar-refractivity contribution in [3.63, 3.8) is 0 Å². The van der Waals surface area contributed by atoms with Crippen LogP contribution in [0, 0.1) is 6.92 Å². The van der Waals surface area contributed by atoms with E-state index >= 15 is 0 Å². The summed E-state index contributed by atoms with van der Waals surface area (Å²) in [5.74, 6) is 2.36. The van der Waals surface area contributed by atoms with Crippen LogP contribution in [-0.2, 0) is 19.6 Å². The molecule has 4 heterocycles. The van der Waals surface area contributed by atoms with Crippen LogP contribution in [-0.4, -0.2) is 63.1 Å². The van der Waals surface area contributed by atoms with Gasteiger partial charge in [0.25, 0.3) is 0 Å². The van der Waals surface area contributed by atoms with E-state index in [4.69, 9.17) is 15.0 Å². The summed E-state index contributed by atoms with van der Waals surface area (Å²) in [7, 11) is 1.70. The molecule has 4 N–H and O–H groups in total. The van der Waals surface area contributed by atoms with Crippen LogP contribution in [0.2, 0.25) is 0 Å². The number of benzene rings is 1. The third-order valence-electron chi connectivity index (χ3n) is 5.91. The normalized spacial score (nSPS) is 14.5. The Balaban J connectivity index is 1.39. The lowest BCUT2D eigenvalue weighted by Gasteiger charge is -2.27. The summed E-state index contributed by atoms with van der Waals surface area (Å²) in [5, 5.41) is 15.3. The molecule has 0 aliphatic carbocycles. The maximum absolute atomic E-state index is 5.94. The van der Waals surface area contributed by atoms with Gasteiger partial charge in [0.2, 0.25) is 5.95 Å². The Hall–Kier alpha value is -3.70. The molecule has 0 bridgehead atoms. The number of hydrogen-bond donors (Lipinski definition) is 3. The fourth-order valence-corrected chi connectivity index (χ4v) is 4.24. The minimum atomic E-state index is 0.181. The topological polar surface area (TPSA) is 132 Å². The molecule has 0 saturated carbocycles. The van der Waals surface area contributed by atoms with Crippen LogP contribution in [0.5, 0.6) is 5.75 Å². The van der Waals surface area contributed by atoms with E-state index in [2.05, 4.69) is 54.0 Å². The van der Waals surface area contributed by atoms with E-state index in [1.807, 2.05) is 17.7 Å². The van der Waals surface area contributed by atoms with Crippen molar-refractivity contribution in [3.8, 4) is 5.75 Å². The molecule has 11 heteroatoms. The summed E-state index contributed by atoms with van der Waals surface area (Å²) in [5.41, 5.74) is 10.4. The molecule has 34 heavy (non-hydrogen) atoms. The first-order chi connectivity index (χ1) is 16.6. The molecule has 1 aliphatic rings. The van der Waals surface area contributed by atoms with Crippen molar-refractivity contribution in [1.82, 2.24) is 35.1 Å². The molecular formula is C23H29N9O2. The average Bonchev–Trinajstić information content (AvgIpc) is 3.44. The van der Waals surface area contributed by atoms with E-state index < -0.39 is 0 Å². The Bertz CT molecular complexity index is 1280. The Labute approximate surface area is 197 Å². The number of aryl methyl sites for hydroxylation is 1. The highest BCUT2D eigenvalue weighted by Crippen LogP contribution is 2.26. The first kappa shape index (κ1) is 22.1. The van der Waals surface area contributed by atoms with E-state index in [0.29, 0.717) is 24.4 Å². The molecule has 0 spiro atoms. The van der Waals surface area contributed by atoms with Gasteiger partial charge in [-0.15, -0.1) is 0 Å². The molecule has 1 aliphatic heterocycles. The number of nitrogens with two attached hydrogens (primary N) is 1. The lowest BCUT2D eigenvalue weighted by atomic mass is 10.1. The fraction of sp³-hybridized carbons (Fsp3) is 0.391. The quantitative estimate of drug-likeness (QED) is 0.355. The summed E-state index contributed by atoms with van der Waals surface area (Å²) >= 11 is 0. The predicted molar refractivity (Wildman–Crippen MR) is 129 cm³/mol. The van der Waals surface area contributed by atoms with Crippen molar-refractivity contribution in [2.24, 2.45) is 0 Å². The van der Waals surface area contributed by atoms with Crippen LogP contribution >= 0.6 is 0 Å². The molecule has 0 amide bonds. The Morgan fingerprint density at radius 2 is 2.03 bits per heavy atom. The highest BCUT2D eigenvalue weighted by molar-refractivity contribution is 5.86. The van der Waals surface area contributed by atoms with Gasteiger partial charge >= 0.3 is 0 Å². The monoisotopic (exact) mass is 463 g/mol. The van der Waals surface area contributed by atoms with E-state index in [1.165, 1.54) is 5.56 Å². The van der Waals surface area contributed by atoms with Gasteiger partial charge < -0.3 is 25.6 Å². The zero-order valence-electron chi connectivity index (χ0n) is 19.4. The van der Waals surface area contributed by atoms with Crippen molar-refractivity contribution in [2.45, 2.75) is 26.6 Å². The van der Waals surface area contributed by atoms with Gasteiger partial charge in [0.05, 0.1) is 26.4 Å². The summed E-state index contributed by atoms with van der Waals surface area (Å²) < 4.78 is 12.7. The first-order valence-electron chi connectivity index (χ1n) is 11.3. The van der Waals surface area contributed by atoms with Gasteiger partial charge in [-0.2, -0.15) is 10.1 Å². The van der Waals surface area contributed by atoms with Gasteiger partial charge in [-0.05, 0) is 18.6 Å². The number of nitrogen functional groups attached to an aromatic ring is 1. The molecule has 0 radical (unpaired) electrons. The lowest BCUT2D eigenvalue weighted by Crippen LogP contribution is -2.42. The lowest BCUT2D eigenvalue weighted by molar-refractivity contribution is 0.233. The standard InChI is InChI=1S/C23H29N9O2/c1-15-9-18(30-34-15)11-26-22-21-19(28-23(24)29-22)12-27-32(21)14-17-4-3-16(10-20(17)33-2)13-31-7-5-25-6-8-31/h3-4,9-10,12,25H,5-8,11,13-14H2,1-2H3,(H3,24,26,28,29). The number of methoxy groups -OCH3 is 1. The molecule has 3 aromatic heterocycles. The zero-order chi connectivity index (χ0) is 23.5. The van der Waals surface area contributed by atoms with Crippen molar-refractivity contribution in [3.05, 3.63) is 53.0 Å². The molecular weight excluding hydrogens is 434 g/mol. The van der Waals surface area contributed by atoms with Crippen molar-refractivity contribution < 1.29 is 9.26 Å². The van der Waals surface area contributed by atoms with Crippen molar-refractivity contribution in [1.29, 1.82) is 0 Å². The molecule has 11 nitrogen and oxygen atoms in total. The number of ether oxygens (including phenoxy) is 1. The highest BCUT2D eigenvalue weighted by atomic mass is 16.5. The van der Waals surface area contributed by atoms with Crippen LogP contribution in [0.1, 0.15) is 22.6 Å². The third kappa shape index (κ3) is 4.80. The Morgan fingerprint density at radius 3 is 2.79 bits per heavy atom. The number of nitrogens with zero attached hydrogens (tertiary/aromatic N) is 6. The maximum atomic E-state index is 5.94. The molecule has 0 atom stereocenters. The van der Waals surface area contributed by atoms with E-state index in [9.17, 15) is 0 Å². The molecule has 5 rings (SSSR count). The van der Waals surface area contributed by atoms with Gasteiger partial charge in [0.15, 0.2) is 5.82 Å². The van der Waals surface area contributed by atoms with Crippen LogP contribution in [0.15, 0.2) is 35.0 Å². The van der Waals surface area contributed by atoms with Crippen molar-refractivity contribution in [2.75, 3.05) is 44.3 Å². The summed E-state index contributed by atoms with van der Waals surface area (Å²) in [6.07, 6.45) is 1.70. The van der Waals surface area contributed by atoms with Gasteiger partial charge in [0, 0.05) is 44.4 Å². The summed E-state index contributed by atoms with van der Waals surface area (Å²) in [6, 6.07) is 8.25. The van der Waals surface area contributed by atoms with Gasteiger partial charge in [-0.1, -0.05) is 17.3 Å². The highest BCUT2D eigenvalue weighted by Gasteiger charge is 2.16. The SMILES string of the molecule is COc1cc(CN2CCNCC2)ccc1Cn1ncc2nc(N)nc(NCc3cc(C)on3)c21. The number of piperazine rings is 1. The Kier molecular flexibility index (Phi) is 6.28. The molecule has 1 fully saturated rings. The van der Waals surface area contributed by atoms with Crippen LogP contribution < -0.4 is 21.1 Å². The second-order valence-electron chi connectivity index (χ2n) is 8.42. The van der Waals surface area contributed by atoms with Gasteiger partial charge in [-0.3, -0.25) is 9.58 Å². The first-order valence-corrected chi connectivity index (χ1v) is 11.3. The number of anilines is 2. The number of rotatable bonds is 8. The fourth-order valence-electron chi connectivity index (χ4n) is 4.24. The van der Waals surface area contributed by atoms with Gasteiger partial charge in [-0.25, -0.2) is 4.98 Å². The zero-order valence-corrected chi connectivity index (χ0v) is 19.4. The largest absolute Gasteiger partial charge is 0.496 e. The molecule has 178 valence electrons. The second kappa shape index (κ2) is 9.65. The Morgan fingerprint density at radius 1 is 1.18 bits per heavy atom. The van der Waals surface area contributed by atoms with Gasteiger partial charge in [0.1, 0.15) is 28.2 Å².